The third kappa shape index (κ3) is 6.10. The van der Waals surface area contributed by atoms with Crippen LogP contribution in [-0.2, 0) is 14.3 Å². The van der Waals surface area contributed by atoms with E-state index in [2.05, 4.69) is 10.6 Å². The summed E-state index contributed by atoms with van der Waals surface area (Å²) in [7, 11) is 0. The number of hydrogen-bond acceptors (Lipinski definition) is 4. The summed E-state index contributed by atoms with van der Waals surface area (Å²) in [4.78, 5) is 36.5. The highest BCUT2D eigenvalue weighted by Crippen LogP contribution is 2.14. The van der Waals surface area contributed by atoms with Gasteiger partial charge >= 0.3 is 5.97 Å². The molecule has 2 rings (SSSR count). The van der Waals surface area contributed by atoms with E-state index in [-0.39, 0.29) is 0 Å². The molecule has 154 valence electrons. The van der Waals surface area contributed by atoms with Gasteiger partial charge in [0.1, 0.15) is 23.2 Å². The van der Waals surface area contributed by atoms with Gasteiger partial charge in [-0.3, -0.25) is 9.59 Å². The topological polar surface area (TPSA) is 84.5 Å². The highest BCUT2D eigenvalue weighted by molar-refractivity contribution is 5.98. The monoisotopic (exact) mass is 404 g/mol. The first-order valence-electron chi connectivity index (χ1n) is 8.97. The molecule has 0 unspecified atom stereocenters. The van der Waals surface area contributed by atoms with E-state index in [0.717, 1.165) is 23.8 Å². The van der Waals surface area contributed by atoms with Gasteiger partial charge in [0.15, 0.2) is 6.61 Å². The molecule has 0 saturated heterocycles. The van der Waals surface area contributed by atoms with Crippen molar-refractivity contribution in [2.75, 3.05) is 11.9 Å². The van der Waals surface area contributed by atoms with Gasteiger partial charge in [0, 0.05) is 5.69 Å². The van der Waals surface area contributed by atoms with Crippen molar-refractivity contribution in [2.24, 2.45) is 5.92 Å². The SMILES string of the molecule is Cc1cccc(NC(=O)COC(=O)[C@@H](NC(=O)c2c(F)cccc2F)C(C)C)c1. The number of hydrogen-bond donors (Lipinski definition) is 2. The van der Waals surface area contributed by atoms with Crippen molar-refractivity contribution in [1.82, 2.24) is 5.32 Å². The average Bonchev–Trinajstić information content (AvgIpc) is 2.64. The van der Waals surface area contributed by atoms with Gasteiger partial charge in [0.2, 0.25) is 0 Å². The fourth-order valence-corrected chi connectivity index (χ4v) is 2.57. The van der Waals surface area contributed by atoms with E-state index < -0.39 is 53.5 Å². The first-order valence-corrected chi connectivity index (χ1v) is 8.97. The lowest BCUT2D eigenvalue weighted by atomic mass is 10.0. The van der Waals surface area contributed by atoms with Gasteiger partial charge in [0.25, 0.3) is 11.8 Å². The van der Waals surface area contributed by atoms with Gasteiger partial charge in [0.05, 0.1) is 0 Å². The molecule has 0 spiro atoms. The molecular formula is C21H22F2N2O4. The summed E-state index contributed by atoms with van der Waals surface area (Å²) < 4.78 is 32.5. The molecule has 0 fully saturated rings. The lowest BCUT2D eigenvalue weighted by molar-refractivity contribution is -0.150. The summed E-state index contributed by atoms with van der Waals surface area (Å²) in [6, 6.07) is 8.89. The molecule has 0 aliphatic rings. The molecule has 2 aromatic rings. The first-order chi connectivity index (χ1) is 13.7. The zero-order valence-corrected chi connectivity index (χ0v) is 16.3. The average molecular weight is 404 g/mol. The Morgan fingerprint density at radius 2 is 1.66 bits per heavy atom. The number of anilines is 1. The third-order valence-corrected chi connectivity index (χ3v) is 4.04. The van der Waals surface area contributed by atoms with Crippen LogP contribution >= 0.6 is 0 Å². The molecule has 0 radical (unpaired) electrons. The minimum Gasteiger partial charge on any atom is -0.454 e. The lowest BCUT2D eigenvalue weighted by Crippen LogP contribution is -2.46. The normalized spacial score (nSPS) is 11.7. The molecule has 0 heterocycles. The molecule has 8 heteroatoms. The Balaban J connectivity index is 1.98. The number of amides is 2. The molecule has 6 nitrogen and oxygen atoms in total. The number of aryl methyl sites for hydroxylation is 1. The third-order valence-electron chi connectivity index (χ3n) is 4.04. The second-order valence-electron chi connectivity index (χ2n) is 6.82. The minimum absolute atomic E-state index is 0.443. The maximum atomic E-state index is 13.8. The fraction of sp³-hybridized carbons (Fsp3) is 0.286. The largest absolute Gasteiger partial charge is 0.454 e. The van der Waals surface area contributed by atoms with Gasteiger partial charge in [-0.2, -0.15) is 0 Å². The van der Waals surface area contributed by atoms with Crippen LogP contribution < -0.4 is 10.6 Å². The number of halogens is 2. The van der Waals surface area contributed by atoms with Gasteiger partial charge in [-0.05, 0) is 42.7 Å². The number of rotatable bonds is 7. The second kappa shape index (κ2) is 9.77. The van der Waals surface area contributed by atoms with Crippen molar-refractivity contribution in [1.29, 1.82) is 0 Å². The van der Waals surface area contributed by atoms with Gasteiger partial charge in [-0.1, -0.05) is 32.0 Å². The Kier molecular flexibility index (Phi) is 7.41. The van der Waals surface area contributed by atoms with E-state index in [4.69, 9.17) is 4.74 Å². The van der Waals surface area contributed by atoms with Crippen LogP contribution in [0.15, 0.2) is 42.5 Å². The quantitative estimate of drug-likeness (QED) is 0.694. The number of carbonyl (C=O) groups excluding carboxylic acids is 3. The van der Waals surface area contributed by atoms with Crippen molar-refractivity contribution in [3.8, 4) is 0 Å². The Labute approximate surface area is 167 Å². The number of esters is 1. The smallest absolute Gasteiger partial charge is 0.329 e. The summed E-state index contributed by atoms with van der Waals surface area (Å²) in [5, 5.41) is 4.86. The summed E-state index contributed by atoms with van der Waals surface area (Å²) in [5.41, 5.74) is 0.709. The van der Waals surface area contributed by atoms with Gasteiger partial charge < -0.3 is 15.4 Å². The maximum Gasteiger partial charge on any atom is 0.329 e. The van der Waals surface area contributed by atoms with Crippen LogP contribution in [0.1, 0.15) is 29.8 Å². The number of benzene rings is 2. The molecule has 0 bridgehead atoms. The van der Waals surface area contributed by atoms with Crippen LogP contribution in [0.2, 0.25) is 0 Å². The summed E-state index contributed by atoms with van der Waals surface area (Å²) in [6.07, 6.45) is 0. The number of ether oxygens (including phenoxy) is 1. The molecule has 0 aromatic heterocycles. The van der Waals surface area contributed by atoms with E-state index in [1.165, 1.54) is 0 Å². The summed E-state index contributed by atoms with van der Waals surface area (Å²) in [5.74, 6) is -5.06. The standard InChI is InChI=1S/C21H22F2N2O4/c1-12(2)19(25-20(27)18-15(22)8-5-9-16(18)23)21(28)29-11-17(26)24-14-7-4-6-13(3)10-14/h4-10,12,19H,11H2,1-3H3,(H,24,26)(H,25,27)/t19-/m0/s1. The van der Waals surface area contributed by atoms with E-state index in [1.807, 2.05) is 13.0 Å². The van der Waals surface area contributed by atoms with Gasteiger partial charge in [-0.25, -0.2) is 13.6 Å². The first kappa shape index (κ1) is 22.0. The van der Waals surface area contributed by atoms with E-state index >= 15 is 0 Å². The highest BCUT2D eigenvalue weighted by Gasteiger charge is 2.28. The van der Waals surface area contributed by atoms with Crippen molar-refractivity contribution < 1.29 is 27.9 Å². The van der Waals surface area contributed by atoms with Crippen molar-refractivity contribution in [3.05, 3.63) is 65.2 Å². The molecule has 29 heavy (non-hydrogen) atoms. The number of carbonyl (C=O) groups is 3. The molecule has 0 aliphatic carbocycles. The Morgan fingerprint density at radius 3 is 2.24 bits per heavy atom. The molecule has 0 saturated carbocycles. The van der Waals surface area contributed by atoms with Crippen molar-refractivity contribution in [3.63, 3.8) is 0 Å². The zero-order valence-electron chi connectivity index (χ0n) is 16.3. The molecule has 0 aliphatic heterocycles. The summed E-state index contributed by atoms with van der Waals surface area (Å²) in [6.45, 7) is 4.54. The minimum atomic E-state index is -1.19. The maximum absolute atomic E-state index is 13.8. The predicted molar refractivity (Wildman–Crippen MR) is 103 cm³/mol. The molecule has 2 aromatic carbocycles. The molecular weight excluding hydrogens is 382 g/mol. The molecule has 2 N–H and O–H groups in total. The lowest BCUT2D eigenvalue weighted by Gasteiger charge is -2.21. The van der Waals surface area contributed by atoms with Crippen LogP contribution in [0.4, 0.5) is 14.5 Å². The Morgan fingerprint density at radius 1 is 1.03 bits per heavy atom. The fourth-order valence-electron chi connectivity index (χ4n) is 2.57. The van der Waals surface area contributed by atoms with Crippen LogP contribution in [0.5, 0.6) is 0 Å². The second-order valence-corrected chi connectivity index (χ2v) is 6.82. The Hall–Kier alpha value is -3.29. The van der Waals surface area contributed by atoms with Crippen molar-refractivity contribution >= 4 is 23.5 Å². The van der Waals surface area contributed by atoms with E-state index in [1.54, 1.807) is 32.0 Å². The van der Waals surface area contributed by atoms with Crippen molar-refractivity contribution in [2.45, 2.75) is 26.8 Å². The van der Waals surface area contributed by atoms with Crippen LogP contribution in [0, 0.1) is 24.5 Å². The molecule has 2 amide bonds. The Bertz CT molecular complexity index is 895. The predicted octanol–water partition coefficient (Wildman–Crippen LogP) is 3.21. The highest BCUT2D eigenvalue weighted by atomic mass is 19.1. The zero-order chi connectivity index (χ0) is 21.6. The van der Waals surface area contributed by atoms with E-state index in [9.17, 15) is 23.2 Å². The van der Waals surface area contributed by atoms with E-state index in [0.29, 0.717) is 5.69 Å². The van der Waals surface area contributed by atoms with Crippen LogP contribution in [0.25, 0.3) is 0 Å². The van der Waals surface area contributed by atoms with Crippen LogP contribution in [0.3, 0.4) is 0 Å². The van der Waals surface area contributed by atoms with Gasteiger partial charge in [-0.15, -0.1) is 0 Å². The van der Waals surface area contributed by atoms with Crippen LogP contribution in [-0.4, -0.2) is 30.4 Å². The summed E-state index contributed by atoms with van der Waals surface area (Å²) >= 11 is 0. The molecule has 1 atom stereocenters. The number of nitrogens with one attached hydrogen (secondary N) is 2.